The van der Waals surface area contributed by atoms with Crippen molar-refractivity contribution in [3.63, 3.8) is 0 Å². The highest BCUT2D eigenvalue weighted by Crippen LogP contribution is 2.40. The van der Waals surface area contributed by atoms with Crippen LogP contribution in [0, 0.1) is 0 Å². The molecular weight excluding hydrogens is 280 g/mol. The molecule has 0 saturated heterocycles. The first-order chi connectivity index (χ1) is 9.50. The fourth-order valence-corrected chi connectivity index (χ4v) is 5.60. The van der Waals surface area contributed by atoms with Gasteiger partial charge in [0.1, 0.15) is 0 Å². The highest BCUT2D eigenvalue weighted by molar-refractivity contribution is 8.03. The molecule has 2 heteroatoms. The SMILES string of the molecule is CCS[C@H]1CCCCC1Sc1cccc(C(C)(C)C)c1.[HH]. The molecule has 0 spiro atoms. The first-order valence-corrected chi connectivity index (χ1v) is 9.82. The van der Waals surface area contributed by atoms with Crippen LogP contribution in [0.1, 0.15) is 60.4 Å². The molecule has 0 aromatic heterocycles. The van der Waals surface area contributed by atoms with E-state index in [0.29, 0.717) is 0 Å². The second-order valence-corrected chi connectivity index (χ2v) is 9.54. The summed E-state index contributed by atoms with van der Waals surface area (Å²) in [6, 6.07) is 9.20. The van der Waals surface area contributed by atoms with E-state index in [2.05, 4.69) is 75.5 Å². The first kappa shape index (κ1) is 16.3. The molecule has 2 atom stereocenters. The lowest BCUT2D eigenvalue weighted by Gasteiger charge is -2.30. The zero-order chi connectivity index (χ0) is 14.6. The molecule has 2 rings (SSSR count). The van der Waals surface area contributed by atoms with Crippen molar-refractivity contribution in [2.75, 3.05) is 5.75 Å². The second kappa shape index (κ2) is 7.26. The van der Waals surface area contributed by atoms with Crippen LogP contribution in [0.4, 0.5) is 0 Å². The third-order valence-electron chi connectivity index (χ3n) is 4.01. The van der Waals surface area contributed by atoms with Gasteiger partial charge in [-0.3, -0.25) is 0 Å². The van der Waals surface area contributed by atoms with Crippen molar-refractivity contribution in [2.45, 2.75) is 74.2 Å². The molecule has 0 aliphatic heterocycles. The van der Waals surface area contributed by atoms with E-state index in [1.54, 1.807) is 0 Å². The minimum Gasteiger partial charge on any atom is -0.158 e. The topological polar surface area (TPSA) is 0 Å². The third kappa shape index (κ3) is 4.46. The molecule has 0 radical (unpaired) electrons. The van der Waals surface area contributed by atoms with Crippen molar-refractivity contribution in [3.05, 3.63) is 29.8 Å². The zero-order valence-corrected chi connectivity index (χ0v) is 14.9. The predicted octanol–water partition coefficient (Wildman–Crippen LogP) is 6.39. The van der Waals surface area contributed by atoms with Crippen LogP contribution < -0.4 is 0 Å². The fraction of sp³-hybridized carbons (Fsp3) is 0.667. The highest BCUT2D eigenvalue weighted by Gasteiger charge is 2.26. The molecule has 1 saturated carbocycles. The Morgan fingerprint density at radius 1 is 1.15 bits per heavy atom. The van der Waals surface area contributed by atoms with Gasteiger partial charge in [0.15, 0.2) is 0 Å². The Kier molecular flexibility index (Phi) is 5.92. The van der Waals surface area contributed by atoms with E-state index in [1.165, 1.54) is 41.9 Å². The smallest absolute Gasteiger partial charge is 0.0213 e. The van der Waals surface area contributed by atoms with Crippen LogP contribution in [0.5, 0.6) is 0 Å². The molecule has 1 aliphatic carbocycles. The molecule has 1 fully saturated rings. The van der Waals surface area contributed by atoms with Crippen molar-refractivity contribution in [1.29, 1.82) is 0 Å². The van der Waals surface area contributed by atoms with E-state index >= 15 is 0 Å². The maximum atomic E-state index is 2.41. The largest absolute Gasteiger partial charge is 0.158 e. The van der Waals surface area contributed by atoms with Crippen LogP contribution >= 0.6 is 23.5 Å². The van der Waals surface area contributed by atoms with Crippen LogP contribution in [0.3, 0.4) is 0 Å². The molecular formula is C18H30S2. The molecule has 1 aliphatic rings. The van der Waals surface area contributed by atoms with Crippen molar-refractivity contribution in [1.82, 2.24) is 0 Å². The number of hydrogen-bond acceptors (Lipinski definition) is 2. The van der Waals surface area contributed by atoms with Gasteiger partial charge in [-0.15, -0.1) is 11.8 Å². The van der Waals surface area contributed by atoms with Crippen LogP contribution in [-0.2, 0) is 5.41 Å². The van der Waals surface area contributed by atoms with Gasteiger partial charge in [-0.25, -0.2) is 0 Å². The summed E-state index contributed by atoms with van der Waals surface area (Å²) < 4.78 is 0. The van der Waals surface area contributed by atoms with Gasteiger partial charge in [0.2, 0.25) is 0 Å². The average molecular weight is 311 g/mol. The molecule has 0 heterocycles. The summed E-state index contributed by atoms with van der Waals surface area (Å²) >= 11 is 4.29. The van der Waals surface area contributed by atoms with Gasteiger partial charge in [0, 0.05) is 16.8 Å². The number of thioether (sulfide) groups is 2. The summed E-state index contributed by atoms with van der Waals surface area (Å²) in [5.41, 5.74) is 1.71. The van der Waals surface area contributed by atoms with Gasteiger partial charge < -0.3 is 0 Å². The minimum absolute atomic E-state index is 0. The molecule has 0 N–H and O–H groups in total. The number of benzene rings is 1. The molecule has 1 aromatic rings. The molecule has 0 bridgehead atoms. The van der Waals surface area contributed by atoms with Crippen LogP contribution in [0.15, 0.2) is 29.2 Å². The summed E-state index contributed by atoms with van der Waals surface area (Å²) in [6.45, 7) is 9.19. The molecule has 0 nitrogen and oxygen atoms in total. The summed E-state index contributed by atoms with van der Waals surface area (Å²) in [7, 11) is 0. The fourth-order valence-electron chi connectivity index (χ4n) is 2.81. The Morgan fingerprint density at radius 3 is 2.50 bits per heavy atom. The molecule has 114 valence electrons. The quantitative estimate of drug-likeness (QED) is 0.632. The Hall–Kier alpha value is -0.0800. The summed E-state index contributed by atoms with van der Waals surface area (Å²) in [5.74, 6) is 1.25. The van der Waals surface area contributed by atoms with Crippen molar-refractivity contribution >= 4 is 23.5 Å². The first-order valence-electron chi connectivity index (χ1n) is 7.89. The van der Waals surface area contributed by atoms with E-state index in [4.69, 9.17) is 0 Å². The lowest BCUT2D eigenvalue weighted by atomic mass is 9.87. The molecule has 0 amide bonds. The standard InChI is InChI=1S/C18H28S2.H2/c1-5-19-16-11-6-7-12-17(16)20-15-10-8-9-14(13-15)18(2,3)4;/h8-10,13,16-17H,5-7,11-12H2,1-4H3;1H/t16-,17?;/m0./s1. The van der Waals surface area contributed by atoms with Gasteiger partial charge in [-0.05, 0) is 41.7 Å². The van der Waals surface area contributed by atoms with E-state index in [0.717, 1.165) is 10.5 Å². The maximum Gasteiger partial charge on any atom is 0.0213 e. The zero-order valence-electron chi connectivity index (χ0n) is 13.3. The third-order valence-corrected chi connectivity index (χ3v) is 6.90. The van der Waals surface area contributed by atoms with Gasteiger partial charge in [-0.2, -0.15) is 11.8 Å². The lowest BCUT2D eigenvalue weighted by Crippen LogP contribution is -2.24. The summed E-state index contributed by atoms with van der Waals surface area (Å²) in [4.78, 5) is 1.46. The van der Waals surface area contributed by atoms with Gasteiger partial charge >= 0.3 is 0 Å². The molecule has 1 aromatic carbocycles. The molecule has 1 unspecified atom stereocenters. The van der Waals surface area contributed by atoms with Crippen molar-refractivity contribution in [2.24, 2.45) is 0 Å². The van der Waals surface area contributed by atoms with Crippen LogP contribution in [0.25, 0.3) is 0 Å². The van der Waals surface area contributed by atoms with Crippen LogP contribution in [0.2, 0.25) is 0 Å². The van der Waals surface area contributed by atoms with E-state index in [1.807, 2.05) is 0 Å². The summed E-state index contributed by atoms with van der Waals surface area (Å²) in [5, 5.41) is 1.67. The lowest BCUT2D eigenvalue weighted by molar-refractivity contribution is 0.527. The normalized spacial score (nSPS) is 23.8. The van der Waals surface area contributed by atoms with Crippen molar-refractivity contribution in [3.8, 4) is 0 Å². The number of hydrogen-bond donors (Lipinski definition) is 0. The molecule has 20 heavy (non-hydrogen) atoms. The highest BCUT2D eigenvalue weighted by atomic mass is 32.2. The Morgan fingerprint density at radius 2 is 1.85 bits per heavy atom. The number of rotatable bonds is 4. The predicted molar refractivity (Wildman–Crippen MR) is 97.3 cm³/mol. The minimum atomic E-state index is 0. The van der Waals surface area contributed by atoms with Gasteiger partial charge in [0.25, 0.3) is 0 Å². The Labute approximate surface area is 135 Å². The monoisotopic (exact) mass is 310 g/mol. The van der Waals surface area contributed by atoms with Crippen molar-refractivity contribution < 1.29 is 1.43 Å². The van der Waals surface area contributed by atoms with E-state index in [9.17, 15) is 0 Å². The Balaban J connectivity index is 0.00000220. The summed E-state index contributed by atoms with van der Waals surface area (Å²) in [6.07, 6.45) is 5.64. The van der Waals surface area contributed by atoms with Gasteiger partial charge in [-0.1, -0.05) is 52.7 Å². The second-order valence-electron chi connectivity index (χ2n) is 6.71. The van der Waals surface area contributed by atoms with Gasteiger partial charge in [0.05, 0.1) is 0 Å². The Bertz CT molecular complexity index is 423. The van der Waals surface area contributed by atoms with Crippen LogP contribution in [-0.4, -0.2) is 16.3 Å². The maximum absolute atomic E-state index is 2.41. The van der Waals surface area contributed by atoms with E-state index < -0.39 is 0 Å². The van der Waals surface area contributed by atoms with E-state index in [-0.39, 0.29) is 6.84 Å². The average Bonchev–Trinajstić information content (AvgIpc) is 2.41.